The Kier molecular flexibility index (Phi) is 6.54. The number of carbonyl (C=O) groups excluding carboxylic acids is 2. The van der Waals surface area contributed by atoms with Crippen molar-refractivity contribution in [2.45, 2.75) is 19.8 Å². The average molecular weight is 394 g/mol. The van der Waals surface area contributed by atoms with Gasteiger partial charge in [0.05, 0.1) is 13.0 Å². The number of amides is 1. The van der Waals surface area contributed by atoms with Gasteiger partial charge in [0.25, 0.3) is 5.91 Å². The van der Waals surface area contributed by atoms with Crippen LogP contribution in [0, 0.1) is 5.92 Å². The molecule has 1 heterocycles. The predicted molar refractivity (Wildman–Crippen MR) is 112 cm³/mol. The summed E-state index contributed by atoms with van der Waals surface area (Å²) in [7, 11) is 1.63. The Morgan fingerprint density at radius 3 is 2.48 bits per heavy atom. The highest BCUT2D eigenvalue weighted by molar-refractivity contribution is 5.85. The topological polar surface area (TPSA) is 80.4 Å². The fraction of sp³-hybridized carbons (Fsp3) is 0.304. The maximum absolute atomic E-state index is 12.2. The van der Waals surface area contributed by atoms with Gasteiger partial charge in [-0.25, -0.2) is 0 Å². The summed E-state index contributed by atoms with van der Waals surface area (Å²) in [6, 6.07) is 15.9. The number of H-pyrrole nitrogens is 1. The number of rotatable bonds is 8. The third-order valence-corrected chi connectivity index (χ3v) is 4.84. The molecule has 2 aromatic carbocycles. The van der Waals surface area contributed by atoms with E-state index in [-0.39, 0.29) is 30.3 Å². The zero-order valence-electron chi connectivity index (χ0n) is 16.9. The average Bonchev–Trinajstić information content (AvgIpc) is 3.16. The minimum atomic E-state index is -0.386. The lowest BCUT2D eigenvalue weighted by atomic mass is 9.91. The maximum Gasteiger partial charge on any atom is 0.308 e. The second-order valence-corrected chi connectivity index (χ2v) is 7.18. The van der Waals surface area contributed by atoms with Crippen LogP contribution in [0.15, 0.2) is 54.7 Å². The second-order valence-electron chi connectivity index (χ2n) is 7.18. The minimum Gasteiger partial charge on any atom is -0.497 e. The van der Waals surface area contributed by atoms with Crippen LogP contribution in [0.1, 0.15) is 30.9 Å². The standard InChI is InChI=1S/C23H26N2O4/c1-15(2)23(27)29-14-22(26)25-12-19(16-8-10-17(28-3)11-9-16)20-13-24-21-7-5-4-6-18(20)21/h4-11,13,15,19,24H,12,14H2,1-3H3,(H,25,26)/t19-/m0/s1. The highest BCUT2D eigenvalue weighted by atomic mass is 16.5. The molecule has 0 bridgehead atoms. The molecular weight excluding hydrogens is 368 g/mol. The van der Waals surface area contributed by atoms with Gasteiger partial charge in [-0.3, -0.25) is 9.59 Å². The number of aromatic amines is 1. The molecule has 152 valence electrons. The van der Waals surface area contributed by atoms with Gasteiger partial charge in [0.1, 0.15) is 5.75 Å². The van der Waals surface area contributed by atoms with Gasteiger partial charge in [-0.05, 0) is 29.3 Å². The molecule has 0 radical (unpaired) electrons. The van der Waals surface area contributed by atoms with Crippen molar-refractivity contribution in [1.29, 1.82) is 0 Å². The van der Waals surface area contributed by atoms with Crippen molar-refractivity contribution in [2.24, 2.45) is 5.92 Å². The summed E-state index contributed by atoms with van der Waals surface area (Å²) in [4.78, 5) is 27.1. The molecule has 6 nitrogen and oxygen atoms in total. The van der Waals surface area contributed by atoms with Crippen LogP contribution in [0.5, 0.6) is 5.75 Å². The van der Waals surface area contributed by atoms with Crippen molar-refractivity contribution < 1.29 is 19.1 Å². The van der Waals surface area contributed by atoms with Crippen LogP contribution >= 0.6 is 0 Å². The van der Waals surface area contributed by atoms with Crippen molar-refractivity contribution in [3.8, 4) is 5.75 Å². The summed E-state index contributed by atoms with van der Waals surface area (Å²) in [5.41, 5.74) is 3.18. The van der Waals surface area contributed by atoms with Gasteiger partial charge in [0, 0.05) is 29.6 Å². The highest BCUT2D eigenvalue weighted by Crippen LogP contribution is 2.31. The van der Waals surface area contributed by atoms with E-state index < -0.39 is 0 Å². The smallest absolute Gasteiger partial charge is 0.308 e. The monoisotopic (exact) mass is 394 g/mol. The zero-order valence-corrected chi connectivity index (χ0v) is 16.9. The van der Waals surface area contributed by atoms with Gasteiger partial charge >= 0.3 is 5.97 Å². The molecule has 0 aliphatic rings. The molecule has 2 N–H and O–H groups in total. The van der Waals surface area contributed by atoms with E-state index in [9.17, 15) is 9.59 Å². The lowest BCUT2D eigenvalue weighted by Crippen LogP contribution is -2.33. The Morgan fingerprint density at radius 2 is 1.79 bits per heavy atom. The largest absolute Gasteiger partial charge is 0.497 e. The molecule has 1 amide bonds. The number of hydrogen-bond acceptors (Lipinski definition) is 4. The molecule has 6 heteroatoms. The molecule has 0 fully saturated rings. The molecule has 0 saturated heterocycles. The third kappa shape index (κ3) is 4.96. The molecule has 1 atom stereocenters. The Hall–Kier alpha value is -3.28. The Bertz CT molecular complexity index is 976. The van der Waals surface area contributed by atoms with Gasteiger partial charge in [-0.15, -0.1) is 0 Å². The normalized spacial score (nSPS) is 12.0. The first kappa shape index (κ1) is 20.5. The van der Waals surface area contributed by atoms with E-state index in [2.05, 4.69) is 16.4 Å². The number of fused-ring (bicyclic) bond motifs is 1. The number of esters is 1. The number of nitrogens with one attached hydrogen (secondary N) is 2. The lowest BCUT2D eigenvalue weighted by molar-refractivity contribution is -0.151. The summed E-state index contributed by atoms with van der Waals surface area (Å²) in [5.74, 6) is -0.264. The molecule has 0 spiro atoms. The number of methoxy groups -OCH3 is 1. The van der Waals surface area contributed by atoms with E-state index in [0.717, 1.165) is 27.8 Å². The van der Waals surface area contributed by atoms with Gasteiger partial charge in [0.2, 0.25) is 0 Å². The van der Waals surface area contributed by atoms with Crippen LogP contribution in [0.2, 0.25) is 0 Å². The molecule has 29 heavy (non-hydrogen) atoms. The first-order valence-corrected chi connectivity index (χ1v) is 9.63. The first-order chi connectivity index (χ1) is 14.0. The molecule has 0 aliphatic carbocycles. The molecule has 0 aliphatic heterocycles. The number of aromatic nitrogens is 1. The van der Waals surface area contributed by atoms with E-state index in [1.807, 2.05) is 48.7 Å². The summed E-state index contributed by atoms with van der Waals surface area (Å²) in [6.45, 7) is 3.57. The van der Waals surface area contributed by atoms with Crippen LogP contribution < -0.4 is 10.1 Å². The molecular formula is C23H26N2O4. The summed E-state index contributed by atoms with van der Waals surface area (Å²) in [5, 5.41) is 4.00. The molecule has 0 unspecified atom stereocenters. The van der Waals surface area contributed by atoms with Gasteiger partial charge in [-0.2, -0.15) is 0 Å². The number of para-hydroxylation sites is 1. The highest BCUT2D eigenvalue weighted by Gasteiger charge is 2.20. The van der Waals surface area contributed by atoms with Crippen molar-refractivity contribution in [1.82, 2.24) is 10.3 Å². The molecule has 3 rings (SSSR count). The Balaban J connectivity index is 1.80. The SMILES string of the molecule is COc1ccc([C@H](CNC(=O)COC(=O)C(C)C)c2c[nH]c3ccccc23)cc1. The van der Waals surface area contributed by atoms with Crippen LogP contribution in [0.4, 0.5) is 0 Å². The van der Waals surface area contributed by atoms with Crippen LogP contribution in [0.25, 0.3) is 10.9 Å². The van der Waals surface area contributed by atoms with Gasteiger partial charge in [0.15, 0.2) is 6.61 Å². The molecule has 1 aromatic heterocycles. The quantitative estimate of drug-likeness (QED) is 0.572. The fourth-order valence-electron chi connectivity index (χ4n) is 3.20. The van der Waals surface area contributed by atoms with Gasteiger partial charge in [-0.1, -0.05) is 44.2 Å². The molecule has 0 saturated carbocycles. The van der Waals surface area contributed by atoms with E-state index in [0.29, 0.717) is 6.54 Å². The van der Waals surface area contributed by atoms with Crippen LogP contribution in [0.3, 0.4) is 0 Å². The summed E-state index contributed by atoms with van der Waals surface area (Å²) >= 11 is 0. The Labute approximate surface area is 170 Å². The Morgan fingerprint density at radius 1 is 1.07 bits per heavy atom. The van der Waals surface area contributed by atoms with E-state index in [1.165, 1.54) is 0 Å². The van der Waals surface area contributed by atoms with Crippen molar-refractivity contribution in [3.05, 3.63) is 65.9 Å². The molecule has 3 aromatic rings. The minimum absolute atomic E-state index is 0.0678. The first-order valence-electron chi connectivity index (χ1n) is 9.63. The van der Waals surface area contributed by atoms with E-state index in [1.54, 1.807) is 21.0 Å². The summed E-state index contributed by atoms with van der Waals surface area (Å²) in [6.07, 6.45) is 1.98. The fourth-order valence-corrected chi connectivity index (χ4v) is 3.20. The van der Waals surface area contributed by atoms with Crippen LogP contribution in [-0.4, -0.2) is 37.1 Å². The van der Waals surface area contributed by atoms with Crippen molar-refractivity contribution >= 4 is 22.8 Å². The second kappa shape index (κ2) is 9.28. The van der Waals surface area contributed by atoms with Gasteiger partial charge < -0.3 is 19.8 Å². The number of benzene rings is 2. The number of carbonyl (C=O) groups is 2. The predicted octanol–water partition coefficient (Wildman–Crippen LogP) is 3.62. The van der Waals surface area contributed by atoms with E-state index in [4.69, 9.17) is 9.47 Å². The number of ether oxygens (including phenoxy) is 2. The van der Waals surface area contributed by atoms with Crippen molar-refractivity contribution in [3.63, 3.8) is 0 Å². The van der Waals surface area contributed by atoms with E-state index >= 15 is 0 Å². The zero-order chi connectivity index (χ0) is 20.8. The lowest BCUT2D eigenvalue weighted by Gasteiger charge is -2.19. The van der Waals surface area contributed by atoms with Crippen molar-refractivity contribution in [2.75, 3.05) is 20.3 Å². The summed E-state index contributed by atoms with van der Waals surface area (Å²) < 4.78 is 10.3. The number of hydrogen-bond donors (Lipinski definition) is 2. The maximum atomic E-state index is 12.2. The van der Waals surface area contributed by atoms with Crippen LogP contribution in [-0.2, 0) is 14.3 Å². The third-order valence-electron chi connectivity index (χ3n) is 4.84.